The van der Waals surface area contributed by atoms with E-state index in [0.29, 0.717) is 12.3 Å². The molecule has 0 radical (unpaired) electrons. The number of carbonyl (C=O) groups excluding carboxylic acids is 1. The van der Waals surface area contributed by atoms with Gasteiger partial charge in [-0.2, -0.15) is 0 Å². The van der Waals surface area contributed by atoms with Crippen molar-refractivity contribution in [2.75, 3.05) is 19.0 Å². The molecule has 0 aliphatic heterocycles. The topological polar surface area (TPSA) is 60.5 Å². The number of carbonyl (C=O) groups is 1. The maximum Gasteiger partial charge on any atom is 0.343 e. The third-order valence-corrected chi connectivity index (χ3v) is 3.40. The predicted octanol–water partition coefficient (Wildman–Crippen LogP) is 2.62. The quantitative estimate of drug-likeness (QED) is 0.829. The minimum atomic E-state index is -0.397. The molecule has 0 atom stereocenters. The summed E-state index contributed by atoms with van der Waals surface area (Å²) in [7, 11) is 1.33. The minimum absolute atomic E-state index is 0.0820. The highest BCUT2D eigenvalue weighted by molar-refractivity contribution is 7.09. The minimum Gasteiger partial charge on any atom is -0.482 e. The molecular formula is C14H16N2O3S. The Labute approximate surface area is 121 Å². The highest BCUT2D eigenvalue weighted by atomic mass is 32.1. The number of esters is 1. The van der Waals surface area contributed by atoms with Crippen LogP contribution in [0.15, 0.2) is 29.6 Å². The summed E-state index contributed by atoms with van der Waals surface area (Å²) in [5.41, 5.74) is 2.00. The molecular weight excluding hydrogens is 276 g/mol. The van der Waals surface area contributed by atoms with E-state index in [1.54, 1.807) is 23.5 Å². The third-order valence-electron chi connectivity index (χ3n) is 2.58. The number of nitrogens with one attached hydrogen (secondary N) is 1. The van der Waals surface area contributed by atoms with Crippen LogP contribution in [0, 0.1) is 6.92 Å². The Kier molecular flexibility index (Phi) is 4.95. The summed E-state index contributed by atoms with van der Waals surface area (Å²) in [4.78, 5) is 15.3. The number of thiazole rings is 1. The molecule has 0 unspecified atom stereocenters. The zero-order valence-corrected chi connectivity index (χ0v) is 12.2. The van der Waals surface area contributed by atoms with E-state index in [1.165, 1.54) is 7.11 Å². The first-order valence-electron chi connectivity index (χ1n) is 6.12. The van der Waals surface area contributed by atoms with Gasteiger partial charge in [0.25, 0.3) is 0 Å². The third kappa shape index (κ3) is 4.24. The van der Waals surface area contributed by atoms with Gasteiger partial charge in [0.15, 0.2) is 6.61 Å². The van der Waals surface area contributed by atoms with E-state index in [2.05, 4.69) is 15.0 Å². The number of aromatic nitrogens is 1. The fraction of sp³-hybridized carbons (Fsp3) is 0.286. The summed E-state index contributed by atoms with van der Waals surface area (Å²) in [5.74, 6) is 0.233. The average molecular weight is 292 g/mol. The lowest BCUT2D eigenvalue weighted by Crippen LogP contribution is -2.12. The molecule has 1 aromatic carbocycles. The van der Waals surface area contributed by atoms with E-state index in [9.17, 15) is 4.79 Å². The molecule has 0 bridgehead atoms. The van der Waals surface area contributed by atoms with Crippen molar-refractivity contribution in [3.63, 3.8) is 0 Å². The van der Waals surface area contributed by atoms with Gasteiger partial charge in [-0.05, 0) is 31.2 Å². The summed E-state index contributed by atoms with van der Waals surface area (Å²) in [6, 6.07) is 7.40. The van der Waals surface area contributed by atoms with Crippen molar-refractivity contribution in [2.24, 2.45) is 0 Å². The van der Waals surface area contributed by atoms with E-state index >= 15 is 0 Å². The van der Waals surface area contributed by atoms with Gasteiger partial charge in [-0.3, -0.25) is 0 Å². The zero-order valence-electron chi connectivity index (χ0n) is 11.4. The first kappa shape index (κ1) is 14.3. The molecule has 106 valence electrons. The molecule has 0 fully saturated rings. The average Bonchev–Trinajstić information content (AvgIpc) is 2.89. The van der Waals surface area contributed by atoms with Crippen LogP contribution in [0.4, 0.5) is 5.69 Å². The summed E-state index contributed by atoms with van der Waals surface area (Å²) >= 11 is 1.64. The number of methoxy groups -OCH3 is 1. The fourth-order valence-electron chi connectivity index (χ4n) is 1.55. The Morgan fingerprint density at radius 3 is 2.70 bits per heavy atom. The molecule has 1 N–H and O–H groups in total. The summed E-state index contributed by atoms with van der Waals surface area (Å²) in [6.45, 7) is 2.59. The maximum absolute atomic E-state index is 10.9. The van der Waals surface area contributed by atoms with E-state index in [1.807, 2.05) is 24.4 Å². The number of hydrogen-bond donors (Lipinski definition) is 1. The lowest BCUT2D eigenvalue weighted by Gasteiger charge is -2.07. The van der Waals surface area contributed by atoms with Crippen molar-refractivity contribution in [3.8, 4) is 5.75 Å². The van der Waals surface area contributed by atoms with E-state index in [4.69, 9.17) is 4.74 Å². The first-order chi connectivity index (χ1) is 9.67. The number of nitrogens with zero attached hydrogens (tertiary/aromatic N) is 1. The maximum atomic E-state index is 10.9. The number of ether oxygens (including phenoxy) is 2. The van der Waals surface area contributed by atoms with Crippen molar-refractivity contribution < 1.29 is 14.3 Å². The van der Waals surface area contributed by atoms with Crippen molar-refractivity contribution in [2.45, 2.75) is 13.5 Å². The molecule has 0 saturated carbocycles. The Balaban J connectivity index is 1.83. The summed E-state index contributed by atoms with van der Waals surface area (Å²) in [5, 5.41) is 6.38. The normalized spacial score (nSPS) is 10.1. The zero-order chi connectivity index (χ0) is 14.4. The lowest BCUT2D eigenvalue weighted by molar-refractivity contribution is -0.142. The van der Waals surface area contributed by atoms with Gasteiger partial charge in [-0.1, -0.05) is 0 Å². The Bertz CT molecular complexity index is 566. The van der Waals surface area contributed by atoms with E-state index in [0.717, 1.165) is 16.4 Å². The van der Waals surface area contributed by atoms with Crippen LogP contribution in [0.1, 0.15) is 10.7 Å². The molecule has 1 aromatic heterocycles. The molecule has 2 rings (SSSR count). The van der Waals surface area contributed by atoms with Gasteiger partial charge in [-0.15, -0.1) is 11.3 Å². The molecule has 0 spiro atoms. The van der Waals surface area contributed by atoms with Gasteiger partial charge in [0, 0.05) is 11.1 Å². The van der Waals surface area contributed by atoms with Gasteiger partial charge in [0.05, 0.1) is 24.4 Å². The van der Waals surface area contributed by atoms with Crippen molar-refractivity contribution >= 4 is 23.0 Å². The molecule has 20 heavy (non-hydrogen) atoms. The molecule has 0 aliphatic rings. The molecule has 6 heteroatoms. The number of aryl methyl sites for hydroxylation is 1. The van der Waals surface area contributed by atoms with Crippen LogP contribution < -0.4 is 10.1 Å². The van der Waals surface area contributed by atoms with Crippen LogP contribution in [0.2, 0.25) is 0 Å². The predicted molar refractivity (Wildman–Crippen MR) is 78.1 cm³/mol. The largest absolute Gasteiger partial charge is 0.482 e. The smallest absolute Gasteiger partial charge is 0.343 e. The summed E-state index contributed by atoms with van der Waals surface area (Å²) in [6.07, 6.45) is 0. The highest BCUT2D eigenvalue weighted by Crippen LogP contribution is 2.17. The monoisotopic (exact) mass is 292 g/mol. The fourth-order valence-corrected chi connectivity index (χ4v) is 2.16. The van der Waals surface area contributed by atoms with Crippen LogP contribution in [0.3, 0.4) is 0 Å². The van der Waals surface area contributed by atoms with Gasteiger partial charge in [0.2, 0.25) is 0 Å². The molecule has 0 aliphatic carbocycles. The van der Waals surface area contributed by atoms with E-state index in [-0.39, 0.29) is 6.61 Å². The number of rotatable bonds is 6. The molecule has 2 aromatic rings. The van der Waals surface area contributed by atoms with Gasteiger partial charge >= 0.3 is 5.97 Å². The Hall–Kier alpha value is -2.08. The standard InChI is InChI=1S/C14H16N2O3S/c1-10-16-12(9-20-10)7-15-11-3-5-13(6-4-11)19-8-14(17)18-2/h3-6,9,15H,7-8H2,1-2H3. The number of hydrogen-bond acceptors (Lipinski definition) is 6. The molecule has 0 saturated heterocycles. The molecule has 5 nitrogen and oxygen atoms in total. The highest BCUT2D eigenvalue weighted by Gasteiger charge is 2.02. The van der Waals surface area contributed by atoms with Gasteiger partial charge in [-0.25, -0.2) is 9.78 Å². The van der Waals surface area contributed by atoms with Crippen LogP contribution in [0.5, 0.6) is 5.75 Å². The Morgan fingerprint density at radius 2 is 2.10 bits per heavy atom. The van der Waals surface area contributed by atoms with Crippen molar-refractivity contribution in [3.05, 3.63) is 40.3 Å². The number of benzene rings is 1. The second kappa shape index (κ2) is 6.91. The second-order valence-electron chi connectivity index (χ2n) is 4.10. The van der Waals surface area contributed by atoms with Crippen molar-refractivity contribution in [1.29, 1.82) is 0 Å². The van der Waals surface area contributed by atoms with Crippen LogP contribution >= 0.6 is 11.3 Å². The van der Waals surface area contributed by atoms with Crippen LogP contribution in [-0.2, 0) is 16.1 Å². The van der Waals surface area contributed by atoms with Crippen molar-refractivity contribution in [1.82, 2.24) is 4.98 Å². The number of anilines is 1. The van der Waals surface area contributed by atoms with Gasteiger partial charge in [0.1, 0.15) is 5.75 Å². The SMILES string of the molecule is COC(=O)COc1ccc(NCc2csc(C)n2)cc1. The van der Waals surface area contributed by atoms with Crippen LogP contribution in [0.25, 0.3) is 0 Å². The first-order valence-corrected chi connectivity index (χ1v) is 7.00. The lowest BCUT2D eigenvalue weighted by atomic mass is 10.3. The Morgan fingerprint density at radius 1 is 1.35 bits per heavy atom. The molecule has 0 amide bonds. The second-order valence-corrected chi connectivity index (χ2v) is 5.16. The van der Waals surface area contributed by atoms with E-state index < -0.39 is 5.97 Å². The van der Waals surface area contributed by atoms with Crippen LogP contribution in [-0.4, -0.2) is 24.7 Å². The molecule has 1 heterocycles. The van der Waals surface area contributed by atoms with Gasteiger partial charge < -0.3 is 14.8 Å². The summed E-state index contributed by atoms with van der Waals surface area (Å²) < 4.78 is 9.77.